The van der Waals surface area contributed by atoms with E-state index in [0.717, 1.165) is 0 Å². The molecule has 0 spiro atoms. The zero-order valence-electron chi connectivity index (χ0n) is 8.84. The number of hydrogen-bond acceptors (Lipinski definition) is 0. The smallest absolute Gasteiger partial charge is 0.171 e. The Morgan fingerprint density at radius 2 is 1.00 bits per heavy atom. The van der Waals surface area contributed by atoms with E-state index in [0.29, 0.717) is 0 Å². The van der Waals surface area contributed by atoms with E-state index in [9.17, 15) is 39.5 Å². The van der Waals surface area contributed by atoms with E-state index < -0.39 is 41.6 Å². The highest BCUT2D eigenvalue weighted by Crippen LogP contribution is 2.37. The summed E-state index contributed by atoms with van der Waals surface area (Å²) < 4.78 is 110. The molecule has 0 atom stereocenters. The number of benzene rings is 1. The Hall–Kier alpha value is -1.41. The molecule has 0 saturated heterocycles. The van der Waals surface area contributed by atoms with Crippen LogP contribution in [0.25, 0.3) is 0 Å². The van der Waals surface area contributed by atoms with Gasteiger partial charge in [0.05, 0.1) is 17.5 Å². The van der Waals surface area contributed by atoms with Crippen molar-refractivity contribution in [3.05, 3.63) is 34.9 Å². The third kappa shape index (κ3) is 4.64. The molecule has 0 saturated carbocycles. The first-order valence-corrected chi connectivity index (χ1v) is 4.64. The molecule has 1 aromatic rings. The number of halogens is 9. The molecular formula is C10H5F9. The van der Waals surface area contributed by atoms with Crippen molar-refractivity contribution in [2.45, 2.75) is 24.9 Å². The van der Waals surface area contributed by atoms with Crippen molar-refractivity contribution in [3.8, 4) is 0 Å². The molecule has 0 unspecified atom stereocenters. The van der Waals surface area contributed by atoms with Gasteiger partial charge in [-0.2, -0.15) is 39.5 Å². The Labute approximate surface area is 100 Å². The second-order valence-electron chi connectivity index (χ2n) is 3.71. The van der Waals surface area contributed by atoms with E-state index in [-0.39, 0.29) is 18.2 Å². The molecule has 1 rings (SSSR count). The van der Waals surface area contributed by atoms with Crippen molar-refractivity contribution < 1.29 is 39.5 Å². The van der Waals surface area contributed by atoms with Crippen molar-refractivity contribution in [1.29, 1.82) is 0 Å². The summed E-state index contributed by atoms with van der Waals surface area (Å²) in [5, 5.41) is 0. The lowest BCUT2D eigenvalue weighted by Crippen LogP contribution is -2.16. The average molecular weight is 296 g/mol. The van der Waals surface area contributed by atoms with Crippen LogP contribution >= 0.6 is 0 Å². The van der Waals surface area contributed by atoms with E-state index in [1.807, 2.05) is 0 Å². The van der Waals surface area contributed by atoms with Crippen LogP contribution in [0.1, 0.15) is 16.7 Å². The van der Waals surface area contributed by atoms with Gasteiger partial charge in [0, 0.05) is 0 Å². The molecule has 0 aromatic heterocycles. The minimum atomic E-state index is -5.15. The average Bonchev–Trinajstić information content (AvgIpc) is 2.11. The minimum Gasteiger partial charge on any atom is -0.171 e. The van der Waals surface area contributed by atoms with Crippen LogP contribution < -0.4 is 0 Å². The van der Waals surface area contributed by atoms with E-state index in [2.05, 4.69) is 0 Å². The molecule has 0 aliphatic rings. The molecule has 9 heteroatoms. The fourth-order valence-corrected chi connectivity index (χ4v) is 1.35. The molecule has 0 aliphatic carbocycles. The quantitative estimate of drug-likeness (QED) is 0.651. The zero-order valence-corrected chi connectivity index (χ0v) is 8.84. The highest BCUT2D eigenvalue weighted by atomic mass is 19.4. The van der Waals surface area contributed by atoms with Crippen LogP contribution in [-0.2, 0) is 18.8 Å². The summed E-state index contributed by atoms with van der Waals surface area (Å²) in [6.07, 6.45) is -17.1. The normalized spacial score (nSPS) is 13.7. The third-order valence-corrected chi connectivity index (χ3v) is 2.05. The van der Waals surface area contributed by atoms with Crippen molar-refractivity contribution in [2.75, 3.05) is 0 Å². The van der Waals surface area contributed by atoms with Gasteiger partial charge in [-0.1, -0.05) is 0 Å². The van der Waals surface area contributed by atoms with Crippen LogP contribution in [0, 0.1) is 0 Å². The van der Waals surface area contributed by atoms with Crippen molar-refractivity contribution >= 4 is 0 Å². The SMILES string of the molecule is FC(F)(F)Cc1cc(C(F)(F)F)cc(C(F)(F)F)c1. The minimum absolute atomic E-state index is 0.0583. The number of hydrogen-bond donors (Lipinski definition) is 0. The van der Waals surface area contributed by atoms with Crippen LogP contribution in [0.15, 0.2) is 18.2 Å². The van der Waals surface area contributed by atoms with Gasteiger partial charge in [-0.05, 0) is 23.8 Å². The van der Waals surface area contributed by atoms with Gasteiger partial charge in [0.1, 0.15) is 0 Å². The summed E-state index contributed by atoms with van der Waals surface area (Å²) in [5.41, 5.74) is -4.61. The molecule has 0 aliphatic heterocycles. The summed E-state index contributed by atoms with van der Waals surface area (Å²) in [6.45, 7) is 0. The van der Waals surface area contributed by atoms with Gasteiger partial charge in [0.25, 0.3) is 0 Å². The molecule has 0 amide bonds. The molecule has 0 heterocycles. The maximum atomic E-state index is 12.3. The van der Waals surface area contributed by atoms with Gasteiger partial charge in [0.15, 0.2) is 0 Å². The van der Waals surface area contributed by atoms with E-state index in [1.54, 1.807) is 0 Å². The van der Waals surface area contributed by atoms with E-state index >= 15 is 0 Å². The molecular weight excluding hydrogens is 291 g/mol. The maximum absolute atomic E-state index is 12.3. The molecule has 0 bridgehead atoms. The first kappa shape index (κ1) is 15.6. The highest BCUT2D eigenvalue weighted by molar-refractivity contribution is 5.34. The fourth-order valence-electron chi connectivity index (χ4n) is 1.35. The van der Waals surface area contributed by atoms with Crippen LogP contribution in [0.3, 0.4) is 0 Å². The van der Waals surface area contributed by atoms with Gasteiger partial charge in [-0.25, -0.2) is 0 Å². The standard InChI is InChI=1S/C10H5F9/c11-8(12,13)4-5-1-6(9(14,15)16)3-7(2-5)10(17,18)19/h1-3H,4H2. The monoisotopic (exact) mass is 296 g/mol. The predicted octanol–water partition coefficient (Wildman–Crippen LogP) is 4.83. The lowest BCUT2D eigenvalue weighted by molar-refractivity contribution is -0.144. The third-order valence-electron chi connectivity index (χ3n) is 2.05. The van der Waals surface area contributed by atoms with Gasteiger partial charge >= 0.3 is 18.5 Å². The first-order valence-electron chi connectivity index (χ1n) is 4.64. The molecule has 0 radical (unpaired) electrons. The molecule has 1 aromatic carbocycles. The number of rotatable bonds is 1. The van der Waals surface area contributed by atoms with Crippen LogP contribution in [0.4, 0.5) is 39.5 Å². The summed E-state index contributed by atoms with van der Waals surface area (Å²) in [5.74, 6) is 0. The van der Waals surface area contributed by atoms with E-state index in [1.165, 1.54) is 0 Å². The Morgan fingerprint density at radius 1 is 0.632 bits per heavy atom. The Morgan fingerprint density at radius 3 is 1.26 bits per heavy atom. The lowest BCUT2D eigenvalue weighted by atomic mass is 10.0. The highest BCUT2D eigenvalue weighted by Gasteiger charge is 2.38. The van der Waals surface area contributed by atoms with Crippen molar-refractivity contribution in [1.82, 2.24) is 0 Å². The predicted molar refractivity (Wildman–Crippen MR) is 46.2 cm³/mol. The summed E-state index contributed by atoms with van der Waals surface area (Å²) >= 11 is 0. The van der Waals surface area contributed by atoms with Gasteiger partial charge in [0.2, 0.25) is 0 Å². The molecule has 0 nitrogen and oxygen atoms in total. The molecule has 108 valence electrons. The summed E-state index contributed by atoms with van der Waals surface area (Å²) in [6, 6.07) is -0.106. The molecule has 0 N–H and O–H groups in total. The first-order chi connectivity index (χ1) is 8.29. The Bertz CT molecular complexity index is 417. The maximum Gasteiger partial charge on any atom is 0.416 e. The second kappa shape index (κ2) is 4.61. The Kier molecular flexibility index (Phi) is 3.79. The number of alkyl halides is 9. The van der Waals surface area contributed by atoms with Crippen molar-refractivity contribution in [3.63, 3.8) is 0 Å². The van der Waals surface area contributed by atoms with Crippen LogP contribution in [0.5, 0.6) is 0 Å². The Balaban J connectivity index is 3.33. The molecule has 19 heavy (non-hydrogen) atoms. The van der Waals surface area contributed by atoms with Gasteiger partial charge in [-0.3, -0.25) is 0 Å². The summed E-state index contributed by atoms with van der Waals surface area (Å²) in [7, 11) is 0. The fraction of sp³-hybridized carbons (Fsp3) is 0.400. The van der Waals surface area contributed by atoms with Gasteiger partial charge < -0.3 is 0 Å². The van der Waals surface area contributed by atoms with Gasteiger partial charge in [-0.15, -0.1) is 0 Å². The molecule has 0 fully saturated rings. The largest absolute Gasteiger partial charge is 0.416 e. The van der Waals surface area contributed by atoms with Crippen molar-refractivity contribution in [2.24, 2.45) is 0 Å². The van der Waals surface area contributed by atoms with Crippen LogP contribution in [0.2, 0.25) is 0 Å². The second-order valence-corrected chi connectivity index (χ2v) is 3.71. The summed E-state index contributed by atoms with van der Waals surface area (Å²) in [4.78, 5) is 0. The topological polar surface area (TPSA) is 0 Å². The van der Waals surface area contributed by atoms with E-state index in [4.69, 9.17) is 0 Å². The van der Waals surface area contributed by atoms with Crippen LogP contribution in [-0.4, -0.2) is 6.18 Å². The zero-order chi connectivity index (χ0) is 15.1. The lowest BCUT2D eigenvalue weighted by Gasteiger charge is -2.15.